The number of carbonyl (C=O) groups is 1. The number of aliphatic hydroxyl groups excluding tert-OH is 2. The molecule has 2 unspecified atom stereocenters. The Labute approximate surface area is 216 Å². The van der Waals surface area contributed by atoms with Gasteiger partial charge in [-0.25, -0.2) is 0 Å². The zero-order valence-electron chi connectivity index (χ0n) is 23.4. The lowest BCUT2D eigenvalue weighted by atomic mass is 9.93. The Morgan fingerprint density at radius 1 is 0.829 bits per heavy atom. The van der Waals surface area contributed by atoms with Crippen LogP contribution in [-0.4, -0.2) is 59.7 Å². The molecule has 4 N–H and O–H groups in total. The fraction of sp³-hybridized carbons (Fsp3) is 0.966. The second-order valence-electron chi connectivity index (χ2n) is 11.2. The van der Waals surface area contributed by atoms with Crippen LogP contribution >= 0.6 is 0 Å². The van der Waals surface area contributed by atoms with Crippen molar-refractivity contribution in [3.05, 3.63) is 0 Å². The van der Waals surface area contributed by atoms with Crippen LogP contribution in [0.3, 0.4) is 0 Å². The fourth-order valence-electron chi connectivity index (χ4n) is 4.95. The third kappa shape index (κ3) is 15.2. The largest absolute Gasteiger partial charge is 0.388 e. The van der Waals surface area contributed by atoms with E-state index in [1.165, 1.54) is 70.6 Å². The molecule has 0 aromatic rings. The van der Waals surface area contributed by atoms with Gasteiger partial charge in [-0.3, -0.25) is 4.79 Å². The Morgan fingerprint density at radius 3 is 2.03 bits per heavy atom. The van der Waals surface area contributed by atoms with E-state index in [0.29, 0.717) is 13.0 Å². The van der Waals surface area contributed by atoms with Gasteiger partial charge in [-0.15, -0.1) is 0 Å². The zero-order chi connectivity index (χ0) is 25.9. The van der Waals surface area contributed by atoms with E-state index in [2.05, 4.69) is 31.4 Å². The minimum absolute atomic E-state index is 0.0712. The maximum absolute atomic E-state index is 12.4. The number of rotatable bonds is 21. The van der Waals surface area contributed by atoms with E-state index in [9.17, 15) is 15.0 Å². The van der Waals surface area contributed by atoms with Gasteiger partial charge in [0.15, 0.2) is 0 Å². The van der Waals surface area contributed by atoms with Gasteiger partial charge in [0.25, 0.3) is 0 Å². The first-order valence-corrected chi connectivity index (χ1v) is 14.9. The number of nitrogens with one attached hydrogen (secondary N) is 2. The Morgan fingerprint density at radius 2 is 1.40 bits per heavy atom. The van der Waals surface area contributed by atoms with Gasteiger partial charge in [0, 0.05) is 13.0 Å². The highest BCUT2D eigenvalue weighted by atomic mass is 16.5. The molecule has 1 heterocycles. The van der Waals surface area contributed by atoms with Crippen LogP contribution in [0.4, 0.5) is 0 Å². The summed E-state index contributed by atoms with van der Waals surface area (Å²) in [5.41, 5.74) is 0. The molecule has 1 aliphatic rings. The minimum Gasteiger partial charge on any atom is -0.388 e. The average Bonchev–Trinajstić information content (AvgIpc) is 2.82. The topological polar surface area (TPSA) is 90.8 Å². The molecule has 0 aliphatic carbocycles. The van der Waals surface area contributed by atoms with E-state index >= 15 is 0 Å². The van der Waals surface area contributed by atoms with E-state index < -0.39 is 24.4 Å². The molecule has 208 valence electrons. The lowest BCUT2D eigenvalue weighted by molar-refractivity contribution is -0.179. The van der Waals surface area contributed by atoms with Crippen LogP contribution in [-0.2, 0) is 9.53 Å². The van der Waals surface area contributed by atoms with Crippen molar-refractivity contribution in [2.75, 3.05) is 13.1 Å². The van der Waals surface area contributed by atoms with Crippen molar-refractivity contribution in [3.8, 4) is 0 Å². The SMILES string of the molecule is CCCCCCCCCCCCNCC1O[C@@H](C)C(NC(=O)CCCCCCC(C)C)[C@@H](O)[C@@H]1O. The molecule has 1 rings (SSSR count). The average molecular weight is 499 g/mol. The predicted molar refractivity (Wildman–Crippen MR) is 146 cm³/mol. The first-order chi connectivity index (χ1) is 16.9. The van der Waals surface area contributed by atoms with Crippen molar-refractivity contribution >= 4 is 5.91 Å². The molecule has 0 bridgehead atoms. The Balaban J connectivity index is 2.13. The van der Waals surface area contributed by atoms with Crippen molar-refractivity contribution in [1.82, 2.24) is 10.6 Å². The van der Waals surface area contributed by atoms with Crippen LogP contribution in [0, 0.1) is 5.92 Å². The van der Waals surface area contributed by atoms with Crippen LogP contribution in [0.5, 0.6) is 0 Å². The van der Waals surface area contributed by atoms with Gasteiger partial charge in [0.05, 0.1) is 18.2 Å². The monoisotopic (exact) mass is 498 g/mol. The van der Waals surface area contributed by atoms with Crippen LogP contribution in [0.25, 0.3) is 0 Å². The number of unbranched alkanes of at least 4 members (excludes halogenated alkanes) is 12. The van der Waals surface area contributed by atoms with Gasteiger partial charge in [0.2, 0.25) is 5.91 Å². The molecule has 0 aromatic heterocycles. The van der Waals surface area contributed by atoms with Gasteiger partial charge < -0.3 is 25.6 Å². The molecule has 0 saturated carbocycles. The molecular weight excluding hydrogens is 440 g/mol. The van der Waals surface area contributed by atoms with E-state index in [-0.39, 0.29) is 12.0 Å². The fourth-order valence-corrected chi connectivity index (χ4v) is 4.95. The minimum atomic E-state index is -1.02. The van der Waals surface area contributed by atoms with Crippen molar-refractivity contribution in [2.24, 2.45) is 5.92 Å². The van der Waals surface area contributed by atoms with Crippen LogP contribution in [0.1, 0.15) is 130 Å². The number of hydrogen-bond acceptors (Lipinski definition) is 5. The standard InChI is InChI=1S/C29H58N2O4/c1-5-6-7-8-9-10-11-12-15-18-21-30-22-25-28(33)29(34)27(24(4)35-25)31-26(32)20-17-14-13-16-19-23(2)3/h23-25,27-30,33-34H,5-22H2,1-4H3,(H,31,32)/t24-,25?,27?,28+,29+/m0/s1. The van der Waals surface area contributed by atoms with Gasteiger partial charge in [0.1, 0.15) is 12.2 Å². The molecule has 6 heteroatoms. The second-order valence-corrected chi connectivity index (χ2v) is 11.2. The maximum Gasteiger partial charge on any atom is 0.220 e. The van der Waals surface area contributed by atoms with Crippen molar-refractivity contribution < 1.29 is 19.7 Å². The molecule has 6 nitrogen and oxygen atoms in total. The molecule has 5 atom stereocenters. The van der Waals surface area contributed by atoms with E-state index in [1.54, 1.807) is 0 Å². The number of hydrogen-bond donors (Lipinski definition) is 4. The highest BCUT2D eigenvalue weighted by Gasteiger charge is 2.42. The lowest BCUT2D eigenvalue weighted by Crippen LogP contribution is -2.64. The first kappa shape index (κ1) is 32.3. The smallest absolute Gasteiger partial charge is 0.220 e. The summed E-state index contributed by atoms with van der Waals surface area (Å²) in [7, 11) is 0. The normalized spacial score (nSPS) is 24.7. The van der Waals surface area contributed by atoms with Crippen LogP contribution in [0.15, 0.2) is 0 Å². The summed E-state index contributed by atoms with van der Waals surface area (Å²) in [4.78, 5) is 12.4. The van der Waals surface area contributed by atoms with E-state index in [0.717, 1.165) is 38.1 Å². The van der Waals surface area contributed by atoms with Crippen LogP contribution < -0.4 is 10.6 Å². The molecule has 35 heavy (non-hydrogen) atoms. The molecule has 1 saturated heterocycles. The Kier molecular flexibility index (Phi) is 18.8. The molecule has 0 aromatic carbocycles. The summed E-state index contributed by atoms with van der Waals surface area (Å²) in [6.07, 6.45) is 16.3. The second kappa shape index (κ2) is 20.4. The lowest BCUT2D eigenvalue weighted by Gasteiger charge is -2.42. The molecule has 1 amide bonds. The van der Waals surface area contributed by atoms with Gasteiger partial charge in [-0.2, -0.15) is 0 Å². The number of ether oxygens (including phenoxy) is 1. The quantitative estimate of drug-likeness (QED) is 0.157. The number of amides is 1. The number of carbonyl (C=O) groups excluding carboxylic acids is 1. The van der Waals surface area contributed by atoms with Crippen molar-refractivity contribution in [3.63, 3.8) is 0 Å². The first-order valence-electron chi connectivity index (χ1n) is 14.9. The highest BCUT2D eigenvalue weighted by molar-refractivity contribution is 5.76. The third-order valence-electron chi connectivity index (χ3n) is 7.31. The summed E-state index contributed by atoms with van der Waals surface area (Å²) in [5, 5.41) is 27.5. The highest BCUT2D eigenvalue weighted by Crippen LogP contribution is 2.21. The molecule has 0 spiro atoms. The Bertz CT molecular complexity index is 517. The Hall–Kier alpha value is -0.690. The summed E-state index contributed by atoms with van der Waals surface area (Å²) in [5.74, 6) is 0.663. The summed E-state index contributed by atoms with van der Waals surface area (Å²) in [6, 6.07) is -0.573. The molecule has 1 fully saturated rings. The molecular formula is C29H58N2O4. The molecule has 0 radical (unpaired) electrons. The predicted octanol–water partition coefficient (Wildman–Crippen LogP) is 5.49. The van der Waals surface area contributed by atoms with E-state index in [1.807, 2.05) is 6.92 Å². The van der Waals surface area contributed by atoms with Gasteiger partial charge in [-0.05, 0) is 32.2 Å². The summed E-state index contributed by atoms with van der Waals surface area (Å²) >= 11 is 0. The van der Waals surface area contributed by atoms with Crippen molar-refractivity contribution in [2.45, 2.75) is 161 Å². The molecule has 1 aliphatic heterocycles. The van der Waals surface area contributed by atoms with Crippen LogP contribution in [0.2, 0.25) is 0 Å². The van der Waals surface area contributed by atoms with E-state index in [4.69, 9.17) is 4.74 Å². The number of aliphatic hydroxyl groups is 2. The zero-order valence-corrected chi connectivity index (χ0v) is 23.4. The third-order valence-corrected chi connectivity index (χ3v) is 7.31. The summed E-state index contributed by atoms with van der Waals surface area (Å²) in [6.45, 7) is 10.00. The van der Waals surface area contributed by atoms with Gasteiger partial charge >= 0.3 is 0 Å². The maximum atomic E-state index is 12.4. The van der Waals surface area contributed by atoms with Gasteiger partial charge in [-0.1, -0.05) is 104 Å². The van der Waals surface area contributed by atoms with Crippen molar-refractivity contribution in [1.29, 1.82) is 0 Å². The summed E-state index contributed by atoms with van der Waals surface area (Å²) < 4.78 is 5.98.